The molecule has 0 N–H and O–H groups in total. The molecule has 0 aliphatic heterocycles. The fraction of sp³-hybridized carbons (Fsp3) is 0.385. The minimum atomic E-state index is 1.10. The zero-order chi connectivity index (χ0) is 8.93. The van der Waals surface area contributed by atoms with Crippen LogP contribution in [0.3, 0.4) is 0 Å². The van der Waals surface area contributed by atoms with Crippen molar-refractivity contribution in [2.45, 2.75) is 32.1 Å². The number of allylic oxidation sites excluding steroid dienone is 8. The Morgan fingerprint density at radius 3 is 1.77 bits per heavy atom. The van der Waals surface area contributed by atoms with Crippen LogP contribution in [0, 0.1) is 0 Å². The van der Waals surface area contributed by atoms with Crippen LogP contribution < -0.4 is 0 Å². The van der Waals surface area contributed by atoms with Gasteiger partial charge in [0.05, 0.1) is 0 Å². The molecule has 0 amide bonds. The van der Waals surface area contributed by atoms with Crippen molar-refractivity contribution in [3.05, 3.63) is 47.6 Å². The SMILES string of the molecule is C1=CC2=C(C=CC1)CCC=CCC2. The van der Waals surface area contributed by atoms with Crippen LogP contribution in [0.15, 0.2) is 47.6 Å². The lowest BCUT2D eigenvalue weighted by molar-refractivity contribution is 0.903. The van der Waals surface area contributed by atoms with Gasteiger partial charge < -0.3 is 0 Å². The molecule has 0 unspecified atom stereocenters. The van der Waals surface area contributed by atoms with Gasteiger partial charge in [-0.1, -0.05) is 36.5 Å². The molecule has 2 rings (SSSR count). The van der Waals surface area contributed by atoms with Crippen molar-refractivity contribution >= 4 is 0 Å². The fourth-order valence-corrected chi connectivity index (χ4v) is 1.91. The molecule has 0 radical (unpaired) electrons. The van der Waals surface area contributed by atoms with Crippen LogP contribution >= 0.6 is 0 Å². The molecule has 0 aromatic rings. The average molecular weight is 172 g/mol. The quantitative estimate of drug-likeness (QED) is 0.486. The molecule has 0 spiro atoms. The summed E-state index contributed by atoms with van der Waals surface area (Å²) < 4.78 is 0. The molecule has 0 heterocycles. The molecule has 0 aromatic carbocycles. The van der Waals surface area contributed by atoms with Crippen LogP contribution in [0.5, 0.6) is 0 Å². The van der Waals surface area contributed by atoms with Gasteiger partial charge in [-0.15, -0.1) is 0 Å². The first-order chi connectivity index (χ1) is 6.47. The van der Waals surface area contributed by atoms with Crippen molar-refractivity contribution in [2.24, 2.45) is 0 Å². The Bertz CT molecular complexity index is 259. The Hall–Kier alpha value is -1.04. The van der Waals surface area contributed by atoms with Crippen molar-refractivity contribution in [1.29, 1.82) is 0 Å². The van der Waals surface area contributed by atoms with Crippen LogP contribution in [0.4, 0.5) is 0 Å². The normalized spacial score (nSPS) is 22.2. The van der Waals surface area contributed by atoms with E-state index in [9.17, 15) is 0 Å². The summed E-state index contributed by atoms with van der Waals surface area (Å²) in [6.07, 6.45) is 19.7. The molecule has 2 aliphatic rings. The molecule has 0 heteroatoms. The van der Waals surface area contributed by atoms with Crippen molar-refractivity contribution in [2.75, 3.05) is 0 Å². The predicted octanol–water partition coefficient (Wildman–Crippen LogP) is 3.93. The summed E-state index contributed by atoms with van der Waals surface area (Å²) in [5.74, 6) is 0. The van der Waals surface area contributed by atoms with Gasteiger partial charge in [0, 0.05) is 0 Å². The van der Waals surface area contributed by atoms with E-state index in [4.69, 9.17) is 0 Å². The summed E-state index contributed by atoms with van der Waals surface area (Å²) in [5, 5.41) is 0. The first-order valence-electron chi connectivity index (χ1n) is 5.17. The maximum absolute atomic E-state index is 2.31. The van der Waals surface area contributed by atoms with Crippen LogP contribution in [-0.4, -0.2) is 0 Å². The fourth-order valence-electron chi connectivity index (χ4n) is 1.91. The van der Waals surface area contributed by atoms with Crippen LogP contribution in [0.1, 0.15) is 32.1 Å². The van der Waals surface area contributed by atoms with Gasteiger partial charge in [-0.3, -0.25) is 0 Å². The zero-order valence-corrected chi connectivity index (χ0v) is 8.00. The average Bonchev–Trinajstić information content (AvgIpc) is 2.30. The number of hydrogen-bond donors (Lipinski definition) is 0. The summed E-state index contributed by atoms with van der Waals surface area (Å²) in [4.78, 5) is 0. The van der Waals surface area contributed by atoms with E-state index in [-0.39, 0.29) is 0 Å². The second-order valence-electron chi connectivity index (χ2n) is 3.64. The first kappa shape index (κ1) is 8.55. The molecule has 2 aliphatic carbocycles. The summed E-state index contributed by atoms with van der Waals surface area (Å²) in [6.45, 7) is 0. The van der Waals surface area contributed by atoms with Gasteiger partial charge >= 0.3 is 0 Å². The van der Waals surface area contributed by atoms with Gasteiger partial charge in [-0.25, -0.2) is 0 Å². The molecule has 0 fully saturated rings. The molecule has 0 aromatic heterocycles. The van der Waals surface area contributed by atoms with Gasteiger partial charge in [0.1, 0.15) is 0 Å². The largest absolute Gasteiger partial charge is 0.0882 e. The third-order valence-corrected chi connectivity index (χ3v) is 2.65. The van der Waals surface area contributed by atoms with E-state index >= 15 is 0 Å². The molecule has 0 atom stereocenters. The zero-order valence-electron chi connectivity index (χ0n) is 8.00. The highest BCUT2D eigenvalue weighted by Crippen LogP contribution is 2.23. The number of rotatable bonds is 0. The molecule has 13 heavy (non-hydrogen) atoms. The lowest BCUT2D eigenvalue weighted by Crippen LogP contribution is -1.89. The summed E-state index contributed by atoms with van der Waals surface area (Å²) in [6, 6.07) is 0. The van der Waals surface area contributed by atoms with Gasteiger partial charge in [-0.2, -0.15) is 0 Å². The molecule has 68 valence electrons. The number of hydrogen-bond acceptors (Lipinski definition) is 0. The van der Waals surface area contributed by atoms with Gasteiger partial charge in [-0.05, 0) is 43.3 Å². The van der Waals surface area contributed by atoms with Gasteiger partial charge in [0.15, 0.2) is 0 Å². The Morgan fingerprint density at radius 1 is 0.692 bits per heavy atom. The van der Waals surface area contributed by atoms with E-state index in [0.717, 1.165) is 6.42 Å². The molecule has 0 saturated heterocycles. The maximum Gasteiger partial charge on any atom is -0.0163 e. The molecule has 0 bridgehead atoms. The van der Waals surface area contributed by atoms with Crippen molar-refractivity contribution in [1.82, 2.24) is 0 Å². The van der Waals surface area contributed by atoms with Crippen molar-refractivity contribution in [3.63, 3.8) is 0 Å². The van der Waals surface area contributed by atoms with Gasteiger partial charge in [0.25, 0.3) is 0 Å². The lowest BCUT2D eigenvalue weighted by Gasteiger charge is -2.09. The molecular formula is C13H16. The standard InChI is InChI=1S/C13H16/c1-2-5-9-13-11-7-3-6-10-12(13)8-4-1/h1-2,6-7,10-11H,3-5,8-9H2. The van der Waals surface area contributed by atoms with E-state index < -0.39 is 0 Å². The molecule has 0 saturated carbocycles. The third-order valence-electron chi connectivity index (χ3n) is 2.65. The van der Waals surface area contributed by atoms with Crippen LogP contribution in [-0.2, 0) is 0 Å². The van der Waals surface area contributed by atoms with E-state index in [1.165, 1.54) is 25.7 Å². The summed E-state index contributed by atoms with van der Waals surface area (Å²) in [5.41, 5.74) is 3.11. The maximum atomic E-state index is 2.31. The minimum Gasteiger partial charge on any atom is -0.0882 e. The highest BCUT2D eigenvalue weighted by molar-refractivity contribution is 5.36. The Kier molecular flexibility index (Phi) is 2.81. The molecular weight excluding hydrogens is 156 g/mol. The van der Waals surface area contributed by atoms with Crippen LogP contribution in [0.25, 0.3) is 0 Å². The third kappa shape index (κ3) is 2.21. The van der Waals surface area contributed by atoms with Crippen LogP contribution in [0.2, 0.25) is 0 Å². The second kappa shape index (κ2) is 4.27. The smallest absolute Gasteiger partial charge is 0.0163 e. The van der Waals surface area contributed by atoms with Gasteiger partial charge in [0.2, 0.25) is 0 Å². The lowest BCUT2D eigenvalue weighted by atomic mass is 9.97. The topological polar surface area (TPSA) is 0 Å². The van der Waals surface area contributed by atoms with E-state index in [2.05, 4.69) is 36.5 Å². The highest BCUT2D eigenvalue weighted by atomic mass is 14.1. The monoisotopic (exact) mass is 172 g/mol. The molecule has 0 nitrogen and oxygen atoms in total. The Morgan fingerprint density at radius 2 is 1.23 bits per heavy atom. The first-order valence-corrected chi connectivity index (χ1v) is 5.17. The van der Waals surface area contributed by atoms with E-state index in [1.54, 1.807) is 11.1 Å². The van der Waals surface area contributed by atoms with E-state index in [0.29, 0.717) is 0 Å². The second-order valence-corrected chi connectivity index (χ2v) is 3.64. The Labute approximate surface area is 80.3 Å². The highest BCUT2D eigenvalue weighted by Gasteiger charge is 2.04. The van der Waals surface area contributed by atoms with Crippen molar-refractivity contribution < 1.29 is 0 Å². The van der Waals surface area contributed by atoms with E-state index in [1.807, 2.05) is 0 Å². The predicted molar refractivity (Wildman–Crippen MR) is 57.5 cm³/mol. The minimum absolute atomic E-state index is 1.10. The summed E-state index contributed by atoms with van der Waals surface area (Å²) >= 11 is 0. The van der Waals surface area contributed by atoms with Crippen molar-refractivity contribution in [3.8, 4) is 0 Å². The summed E-state index contributed by atoms with van der Waals surface area (Å²) in [7, 11) is 0. The Balaban J connectivity index is 2.23.